The first-order valence-electron chi connectivity index (χ1n) is 9.76. The number of hydrogen-bond acceptors (Lipinski definition) is 4. The van der Waals surface area contributed by atoms with Gasteiger partial charge < -0.3 is 20.5 Å². The Bertz CT molecular complexity index is 1180. The van der Waals surface area contributed by atoms with E-state index in [-0.39, 0.29) is 23.7 Å². The predicted molar refractivity (Wildman–Crippen MR) is 121 cm³/mol. The van der Waals surface area contributed by atoms with E-state index in [1.54, 1.807) is 30.1 Å². The molecule has 11 heteroatoms. The van der Waals surface area contributed by atoms with Gasteiger partial charge in [0, 0.05) is 24.5 Å². The summed E-state index contributed by atoms with van der Waals surface area (Å²) in [7, 11) is 1.75. The molecule has 0 aliphatic carbocycles. The second-order valence-electron chi connectivity index (χ2n) is 7.04. The van der Waals surface area contributed by atoms with Crippen LogP contribution in [0.4, 0.5) is 4.39 Å². The van der Waals surface area contributed by atoms with E-state index < -0.39 is 29.6 Å². The standard InChI is InChI=1S/C22H20Cl2FN5O3/c1-30-8-7-26-21(30)20(13-3-2-4-15(25)9-13)29-19(32)12-27-18(31)11-28-22(33)16-6-5-14(23)10-17(16)24/h2-10,20H,11-12H2,1H3,(H,27,31)(H,28,33)(H,29,32). The first-order chi connectivity index (χ1) is 15.7. The van der Waals surface area contributed by atoms with Crippen molar-refractivity contribution in [1.82, 2.24) is 25.5 Å². The summed E-state index contributed by atoms with van der Waals surface area (Å²) >= 11 is 11.8. The fourth-order valence-corrected chi connectivity index (χ4v) is 3.52. The molecule has 172 valence electrons. The lowest BCUT2D eigenvalue weighted by Gasteiger charge is -2.19. The van der Waals surface area contributed by atoms with E-state index in [1.807, 2.05) is 0 Å². The van der Waals surface area contributed by atoms with Crippen LogP contribution in [-0.4, -0.2) is 40.4 Å². The van der Waals surface area contributed by atoms with Crippen LogP contribution < -0.4 is 16.0 Å². The third-order valence-electron chi connectivity index (χ3n) is 4.64. The fourth-order valence-electron chi connectivity index (χ4n) is 3.02. The highest BCUT2D eigenvalue weighted by Crippen LogP contribution is 2.22. The van der Waals surface area contributed by atoms with Gasteiger partial charge in [0.15, 0.2) is 0 Å². The molecule has 0 saturated carbocycles. The van der Waals surface area contributed by atoms with Gasteiger partial charge in [0.2, 0.25) is 11.8 Å². The molecule has 3 amide bonds. The van der Waals surface area contributed by atoms with Gasteiger partial charge in [-0.2, -0.15) is 0 Å². The number of benzene rings is 2. The zero-order chi connectivity index (χ0) is 24.0. The van der Waals surface area contributed by atoms with Crippen molar-refractivity contribution >= 4 is 40.9 Å². The number of aromatic nitrogens is 2. The van der Waals surface area contributed by atoms with Crippen LogP contribution in [0.15, 0.2) is 54.9 Å². The number of halogens is 3. The highest BCUT2D eigenvalue weighted by Gasteiger charge is 2.21. The van der Waals surface area contributed by atoms with E-state index >= 15 is 0 Å². The number of hydrogen-bond donors (Lipinski definition) is 3. The van der Waals surface area contributed by atoms with Gasteiger partial charge >= 0.3 is 0 Å². The molecule has 1 heterocycles. The molecule has 1 unspecified atom stereocenters. The Balaban J connectivity index is 1.56. The molecule has 0 fully saturated rings. The van der Waals surface area contributed by atoms with Crippen molar-refractivity contribution in [1.29, 1.82) is 0 Å². The first-order valence-corrected chi connectivity index (χ1v) is 10.5. The average molecular weight is 492 g/mol. The minimum Gasteiger partial charge on any atom is -0.346 e. The number of rotatable bonds is 8. The minimum absolute atomic E-state index is 0.150. The maximum atomic E-state index is 13.7. The number of nitrogens with zero attached hydrogens (tertiary/aromatic N) is 2. The van der Waals surface area contributed by atoms with Gasteiger partial charge in [0.25, 0.3) is 5.91 Å². The molecule has 1 aromatic heterocycles. The molecule has 2 aromatic carbocycles. The third-order valence-corrected chi connectivity index (χ3v) is 5.18. The summed E-state index contributed by atoms with van der Waals surface area (Å²) in [6.45, 7) is -0.718. The number of nitrogens with one attached hydrogen (secondary N) is 3. The molecule has 1 atom stereocenters. The van der Waals surface area contributed by atoms with E-state index in [1.165, 1.54) is 36.4 Å². The zero-order valence-electron chi connectivity index (χ0n) is 17.4. The monoisotopic (exact) mass is 491 g/mol. The summed E-state index contributed by atoms with van der Waals surface area (Å²) in [4.78, 5) is 41.0. The molecule has 0 saturated heterocycles. The minimum atomic E-state index is -0.725. The molecule has 0 aliphatic heterocycles. The van der Waals surface area contributed by atoms with E-state index in [0.29, 0.717) is 16.4 Å². The Hall–Kier alpha value is -3.43. The molecular weight excluding hydrogens is 472 g/mol. The molecule has 3 rings (SSSR count). The molecule has 0 aliphatic rings. The molecular formula is C22H20Cl2FN5O3. The molecule has 33 heavy (non-hydrogen) atoms. The zero-order valence-corrected chi connectivity index (χ0v) is 19.0. The predicted octanol–water partition coefficient (Wildman–Crippen LogP) is 2.62. The van der Waals surface area contributed by atoms with Gasteiger partial charge in [-0.3, -0.25) is 14.4 Å². The van der Waals surface area contributed by atoms with Gasteiger partial charge in [-0.05, 0) is 35.9 Å². The van der Waals surface area contributed by atoms with Crippen molar-refractivity contribution in [2.75, 3.05) is 13.1 Å². The molecule has 0 spiro atoms. The number of carbonyl (C=O) groups excluding carboxylic acids is 3. The SMILES string of the molecule is Cn1ccnc1C(NC(=O)CNC(=O)CNC(=O)c1ccc(Cl)cc1Cl)c1cccc(F)c1. The highest BCUT2D eigenvalue weighted by molar-refractivity contribution is 6.36. The van der Waals surface area contributed by atoms with Crippen molar-refractivity contribution < 1.29 is 18.8 Å². The van der Waals surface area contributed by atoms with Crippen LogP contribution in [0.1, 0.15) is 27.8 Å². The number of amides is 3. The summed E-state index contributed by atoms with van der Waals surface area (Å²) in [5.74, 6) is -1.62. The summed E-state index contributed by atoms with van der Waals surface area (Å²) in [5.41, 5.74) is 0.663. The van der Waals surface area contributed by atoms with Crippen LogP contribution >= 0.6 is 23.2 Å². The second kappa shape index (κ2) is 10.9. The Labute approximate surface area is 199 Å². The van der Waals surface area contributed by atoms with Crippen molar-refractivity contribution in [3.8, 4) is 0 Å². The van der Waals surface area contributed by atoms with E-state index in [9.17, 15) is 18.8 Å². The number of aryl methyl sites for hydroxylation is 1. The highest BCUT2D eigenvalue weighted by atomic mass is 35.5. The normalized spacial score (nSPS) is 11.5. The maximum Gasteiger partial charge on any atom is 0.253 e. The lowest BCUT2D eigenvalue weighted by Crippen LogP contribution is -2.43. The molecule has 3 aromatic rings. The summed E-state index contributed by atoms with van der Waals surface area (Å²) in [6.07, 6.45) is 3.26. The summed E-state index contributed by atoms with van der Waals surface area (Å²) in [6, 6.07) is 9.43. The first kappa shape index (κ1) is 24.2. The van der Waals surface area contributed by atoms with Crippen molar-refractivity contribution in [2.24, 2.45) is 7.05 Å². The van der Waals surface area contributed by atoms with E-state index in [2.05, 4.69) is 20.9 Å². The smallest absolute Gasteiger partial charge is 0.253 e. The van der Waals surface area contributed by atoms with Gasteiger partial charge in [0.05, 0.1) is 23.7 Å². The van der Waals surface area contributed by atoms with Crippen molar-refractivity contribution in [2.45, 2.75) is 6.04 Å². The Morgan fingerprint density at radius 3 is 2.48 bits per heavy atom. The lowest BCUT2D eigenvalue weighted by atomic mass is 10.1. The quantitative estimate of drug-likeness (QED) is 0.450. The second-order valence-corrected chi connectivity index (χ2v) is 7.88. The largest absolute Gasteiger partial charge is 0.346 e. The van der Waals surface area contributed by atoms with Crippen LogP contribution in [0.3, 0.4) is 0 Å². The van der Waals surface area contributed by atoms with E-state index in [0.717, 1.165) is 0 Å². The van der Waals surface area contributed by atoms with Crippen LogP contribution in [0.2, 0.25) is 10.0 Å². The molecule has 0 radical (unpaired) electrons. The van der Waals surface area contributed by atoms with Gasteiger partial charge in [-0.25, -0.2) is 9.37 Å². The molecule has 0 bridgehead atoms. The van der Waals surface area contributed by atoms with Gasteiger partial charge in [0.1, 0.15) is 17.7 Å². The average Bonchev–Trinajstić information content (AvgIpc) is 3.19. The molecule has 8 nitrogen and oxygen atoms in total. The Kier molecular flexibility index (Phi) is 8.02. The van der Waals surface area contributed by atoms with Crippen LogP contribution in [0, 0.1) is 5.82 Å². The van der Waals surface area contributed by atoms with Crippen LogP contribution in [0.5, 0.6) is 0 Å². The summed E-state index contributed by atoms with van der Waals surface area (Å²) in [5, 5.41) is 8.11. The van der Waals surface area contributed by atoms with Crippen LogP contribution in [0.25, 0.3) is 0 Å². The Morgan fingerprint density at radius 2 is 1.82 bits per heavy atom. The van der Waals surface area contributed by atoms with Crippen molar-refractivity contribution in [3.05, 3.63) is 87.7 Å². The third kappa shape index (κ3) is 6.53. The lowest BCUT2D eigenvalue weighted by molar-refractivity contribution is -0.125. The fraction of sp³-hybridized carbons (Fsp3) is 0.182. The number of imidazole rings is 1. The van der Waals surface area contributed by atoms with Crippen molar-refractivity contribution in [3.63, 3.8) is 0 Å². The van der Waals surface area contributed by atoms with Crippen LogP contribution in [-0.2, 0) is 16.6 Å². The molecule has 3 N–H and O–H groups in total. The topological polar surface area (TPSA) is 105 Å². The van der Waals surface area contributed by atoms with E-state index in [4.69, 9.17) is 23.2 Å². The summed E-state index contributed by atoms with van der Waals surface area (Å²) < 4.78 is 15.4. The maximum absolute atomic E-state index is 13.7. The van der Waals surface area contributed by atoms with Gasteiger partial charge in [-0.15, -0.1) is 0 Å². The van der Waals surface area contributed by atoms with Gasteiger partial charge in [-0.1, -0.05) is 35.3 Å². The number of carbonyl (C=O) groups is 3. The Morgan fingerprint density at radius 1 is 1.06 bits per heavy atom.